The van der Waals surface area contributed by atoms with Gasteiger partial charge in [-0.25, -0.2) is 14.2 Å². The predicted molar refractivity (Wildman–Crippen MR) is 109 cm³/mol. The van der Waals surface area contributed by atoms with Crippen LogP contribution in [0.3, 0.4) is 0 Å². The fourth-order valence-electron chi connectivity index (χ4n) is 2.87. The van der Waals surface area contributed by atoms with E-state index in [0.717, 1.165) is 16.8 Å². The normalized spacial score (nSPS) is 11.5. The van der Waals surface area contributed by atoms with Crippen LogP contribution < -0.4 is 10.4 Å². The van der Waals surface area contributed by atoms with Crippen molar-refractivity contribution in [1.82, 2.24) is 9.66 Å². The number of rotatable bonds is 4. The van der Waals surface area contributed by atoms with Gasteiger partial charge in [0, 0.05) is 10.6 Å². The third-order valence-corrected chi connectivity index (χ3v) is 5.76. The first-order chi connectivity index (χ1) is 13.9. The summed E-state index contributed by atoms with van der Waals surface area (Å²) in [6, 6.07) is 17.9. The lowest BCUT2D eigenvalue weighted by Crippen LogP contribution is -2.35. The molecule has 0 aliphatic rings. The van der Waals surface area contributed by atoms with Crippen molar-refractivity contribution in [2.45, 2.75) is 4.90 Å². The molecular weight excluding hydrogens is 417 g/mol. The highest BCUT2D eigenvalue weighted by atomic mass is 35.5. The Morgan fingerprint density at radius 3 is 2.45 bits per heavy atom. The zero-order valence-corrected chi connectivity index (χ0v) is 16.3. The van der Waals surface area contributed by atoms with Gasteiger partial charge < -0.3 is 0 Å². The van der Waals surface area contributed by atoms with Gasteiger partial charge in [0.25, 0.3) is 15.6 Å². The Balaban J connectivity index is 1.98. The number of fused-ring (bicyclic) bond motifs is 1. The van der Waals surface area contributed by atoms with Crippen LogP contribution in [0.25, 0.3) is 22.3 Å². The van der Waals surface area contributed by atoms with Crippen LogP contribution >= 0.6 is 11.6 Å². The van der Waals surface area contributed by atoms with Crippen LogP contribution in [0.4, 0.5) is 4.39 Å². The van der Waals surface area contributed by atoms with Crippen molar-refractivity contribution < 1.29 is 12.8 Å². The third kappa shape index (κ3) is 3.59. The smallest absolute Gasteiger partial charge is 0.267 e. The Morgan fingerprint density at radius 2 is 1.69 bits per heavy atom. The molecule has 0 saturated carbocycles. The summed E-state index contributed by atoms with van der Waals surface area (Å²) in [5.74, 6) is -0.915. The fraction of sp³-hybridized carbons (Fsp3) is 0. The highest BCUT2D eigenvalue weighted by molar-refractivity contribution is 7.92. The number of nitrogens with zero attached hydrogens (tertiary/aromatic N) is 2. The molecule has 0 radical (unpaired) electrons. The molecule has 4 rings (SSSR count). The molecule has 29 heavy (non-hydrogen) atoms. The second-order valence-electron chi connectivity index (χ2n) is 6.13. The zero-order chi connectivity index (χ0) is 20.6. The van der Waals surface area contributed by atoms with Gasteiger partial charge in [-0.3, -0.25) is 4.79 Å². The summed E-state index contributed by atoms with van der Waals surface area (Å²) in [6.45, 7) is 0. The second kappa shape index (κ2) is 7.31. The lowest BCUT2D eigenvalue weighted by molar-refractivity contribution is 0.566. The molecular formula is C20H13ClFN3O3S. The summed E-state index contributed by atoms with van der Waals surface area (Å²) >= 11 is 6.05. The monoisotopic (exact) mass is 429 g/mol. The first-order valence-corrected chi connectivity index (χ1v) is 10.3. The van der Waals surface area contributed by atoms with Crippen LogP contribution in [-0.4, -0.2) is 18.1 Å². The van der Waals surface area contributed by atoms with E-state index in [1.807, 2.05) is 0 Å². The Kier molecular flexibility index (Phi) is 4.81. The van der Waals surface area contributed by atoms with Crippen molar-refractivity contribution in [3.05, 3.63) is 94.0 Å². The molecule has 0 amide bonds. The number of benzene rings is 3. The van der Waals surface area contributed by atoms with E-state index in [1.54, 1.807) is 42.5 Å². The van der Waals surface area contributed by atoms with Crippen LogP contribution in [0.5, 0.6) is 0 Å². The lowest BCUT2D eigenvalue weighted by Gasteiger charge is -2.16. The molecule has 0 unspecified atom stereocenters. The molecule has 0 saturated heterocycles. The summed E-state index contributed by atoms with van der Waals surface area (Å²) in [7, 11) is -4.41. The average Bonchev–Trinajstić information content (AvgIpc) is 2.70. The van der Waals surface area contributed by atoms with Crippen molar-refractivity contribution in [2.24, 2.45) is 0 Å². The van der Waals surface area contributed by atoms with Crippen molar-refractivity contribution in [1.29, 1.82) is 0 Å². The number of hydrogen-bond acceptors (Lipinski definition) is 4. The first kappa shape index (κ1) is 19.1. The molecule has 0 aliphatic heterocycles. The number of halogens is 2. The van der Waals surface area contributed by atoms with E-state index >= 15 is 0 Å². The number of hydrogen-bond donors (Lipinski definition) is 1. The van der Waals surface area contributed by atoms with Crippen molar-refractivity contribution >= 4 is 32.5 Å². The molecule has 4 aromatic rings. The summed E-state index contributed by atoms with van der Waals surface area (Å²) < 4.78 is 40.5. The highest BCUT2D eigenvalue weighted by Gasteiger charge is 2.22. The van der Waals surface area contributed by atoms with Gasteiger partial charge in [-0.2, -0.15) is 13.1 Å². The van der Waals surface area contributed by atoms with E-state index in [-0.39, 0.29) is 11.2 Å². The molecule has 0 aliphatic carbocycles. The topological polar surface area (TPSA) is 81.1 Å². The molecule has 1 heterocycles. The molecule has 0 spiro atoms. The van der Waals surface area contributed by atoms with Crippen molar-refractivity contribution in [2.75, 3.05) is 4.83 Å². The van der Waals surface area contributed by atoms with Crippen LogP contribution in [-0.2, 0) is 10.0 Å². The van der Waals surface area contributed by atoms with Gasteiger partial charge in [-0.15, -0.1) is 0 Å². The predicted octanol–water partition coefficient (Wildman–Crippen LogP) is 3.79. The highest BCUT2D eigenvalue weighted by Crippen LogP contribution is 2.23. The zero-order valence-electron chi connectivity index (χ0n) is 14.7. The van der Waals surface area contributed by atoms with E-state index in [2.05, 4.69) is 9.82 Å². The standard InChI is InChI=1S/C20H13ClFN3O3S/c21-14-7-5-6-13(12-14)19-23-17-10-3-1-8-15(17)20(26)25(19)24-29(27,28)18-11-4-2-9-16(18)22/h1-12,24H. The number of para-hydroxylation sites is 1. The molecule has 0 bridgehead atoms. The maximum Gasteiger partial charge on any atom is 0.281 e. The largest absolute Gasteiger partial charge is 0.281 e. The van der Waals surface area contributed by atoms with Gasteiger partial charge in [0.05, 0.1) is 10.9 Å². The summed E-state index contributed by atoms with van der Waals surface area (Å²) in [5, 5.41) is 0.586. The molecule has 0 atom stereocenters. The Morgan fingerprint density at radius 1 is 0.966 bits per heavy atom. The van der Waals surface area contributed by atoms with Crippen molar-refractivity contribution in [3.63, 3.8) is 0 Å². The average molecular weight is 430 g/mol. The molecule has 1 aromatic heterocycles. The number of aromatic nitrogens is 2. The molecule has 0 fully saturated rings. The van der Waals surface area contributed by atoms with E-state index in [1.165, 1.54) is 18.2 Å². The Labute approximate surface area is 170 Å². The summed E-state index contributed by atoms with van der Waals surface area (Å²) in [6.07, 6.45) is 0. The summed E-state index contributed by atoms with van der Waals surface area (Å²) in [5.41, 5.74) is 0.149. The Hall–Kier alpha value is -3.23. The maximum atomic E-state index is 14.1. The minimum Gasteiger partial charge on any atom is -0.267 e. The van der Waals surface area contributed by atoms with E-state index in [4.69, 9.17) is 11.6 Å². The molecule has 9 heteroatoms. The first-order valence-electron chi connectivity index (χ1n) is 8.42. The van der Waals surface area contributed by atoms with Gasteiger partial charge >= 0.3 is 0 Å². The summed E-state index contributed by atoms with van der Waals surface area (Å²) in [4.78, 5) is 19.1. The number of nitrogens with one attached hydrogen (secondary N) is 1. The molecule has 146 valence electrons. The second-order valence-corrected chi connectivity index (χ2v) is 8.19. The van der Waals surface area contributed by atoms with Crippen LogP contribution in [0.2, 0.25) is 5.02 Å². The quantitative estimate of drug-likeness (QED) is 0.535. The van der Waals surface area contributed by atoms with E-state index < -0.39 is 26.3 Å². The van der Waals surface area contributed by atoms with Crippen LogP contribution in [0, 0.1) is 5.82 Å². The van der Waals surface area contributed by atoms with Gasteiger partial charge in [-0.1, -0.05) is 48.0 Å². The lowest BCUT2D eigenvalue weighted by atomic mass is 10.2. The van der Waals surface area contributed by atoms with Gasteiger partial charge in [0.15, 0.2) is 5.82 Å². The number of sulfonamides is 1. The van der Waals surface area contributed by atoms with Gasteiger partial charge in [0.1, 0.15) is 10.7 Å². The molecule has 6 nitrogen and oxygen atoms in total. The van der Waals surface area contributed by atoms with Crippen LogP contribution in [0.1, 0.15) is 0 Å². The molecule has 3 aromatic carbocycles. The minimum absolute atomic E-state index is 0.0242. The van der Waals surface area contributed by atoms with E-state index in [0.29, 0.717) is 16.1 Å². The van der Waals surface area contributed by atoms with Gasteiger partial charge in [-0.05, 0) is 36.4 Å². The maximum absolute atomic E-state index is 14.1. The Bertz CT molecular complexity index is 1400. The van der Waals surface area contributed by atoms with Gasteiger partial charge in [0.2, 0.25) is 0 Å². The fourth-order valence-corrected chi connectivity index (χ4v) is 4.15. The SMILES string of the molecule is O=c1c2ccccc2nc(-c2cccc(Cl)c2)n1NS(=O)(=O)c1ccccc1F. The minimum atomic E-state index is -4.41. The van der Waals surface area contributed by atoms with Crippen LogP contribution in [0.15, 0.2) is 82.5 Å². The molecule has 1 N–H and O–H groups in total. The van der Waals surface area contributed by atoms with Crippen molar-refractivity contribution in [3.8, 4) is 11.4 Å². The van der Waals surface area contributed by atoms with E-state index in [9.17, 15) is 17.6 Å². The third-order valence-electron chi connectivity index (χ3n) is 4.20.